The van der Waals surface area contributed by atoms with Crippen LogP contribution in [0, 0.1) is 0 Å². The van der Waals surface area contributed by atoms with E-state index in [4.69, 9.17) is 5.73 Å². The van der Waals surface area contributed by atoms with E-state index in [9.17, 15) is 8.42 Å². The second-order valence-electron chi connectivity index (χ2n) is 3.20. The van der Waals surface area contributed by atoms with Gasteiger partial charge in [-0.1, -0.05) is 0 Å². The highest BCUT2D eigenvalue weighted by atomic mass is 35.5. The van der Waals surface area contributed by atoms with Crippen molar-refractivity contribution in [3.05, 3.63) is 0 Å². The molecular formula is C5H10ClNO2S. The van der Waals surface area contributed by atoms with Crippen LogP contribution in [0.1, 0.15) is 12.8 Å². The van der Waals surface area contributed by atoms with Crippen molar-refractivity contribution in [1.29, 1.82) is 0 Å². The average molecular weight is 184 g/mol. The van der Waals surface area contributed by atoms with Gasteiger partial charge in [0.15, 0.2) is 9.84 Å². The minimum atomic E-state index is -2.73. The molecule has 10 heavy (non-hydrogen) atoms. The van der Waals surface area contributed by atoms with Crippen molar-refractivity contribution in [2.75, 3.05) is 5.75 Å². The monoisotopic (exact) mass is 183 g/mol. The number of sulfone groups is 1. The Morgan fingerprint density at radius 1 is 1.40 bits per heavy atom. The van der Waals surface area contributed by atoms with Crippen molar-refractivity contribution < 1.29 is 8.42 Å². The smallest absolute Gasteiger partial charge is 0.155 e. The molecule has 0 unspecified atom stereocenters. The summed E-state index contributed by atoms with van der Waals surface area (Å²) in [4.78, 5) is 0. The lowest BCUT2D eigenvalue weighted by Crippen LogP contribution is -2.48. The molecule has 0 atom stereocenters. The molecule has 5 heteroatoms. The second kappa shape index (κ2) is 1.87. The summed E-state index contributed by atoms with van der Waals surface area (Å²) >= 11 is 0. The summed E-state index contributed by atoms with van der Waals surface area (Å²) < 4.78 is 21.9. The summed E-state index contributed by atoms with van der Waals surface area (Å²) in [6.07, 6.45) is 1.41. The van der Waals surface area contributed by atoms with Gasteiger partial charge in [-0.2, -0.15) is 0 Å². The zero-order valence-corrected chi connectivity index (χ0v) is 7.04. The molecule has 3 rings (SSSR count). The third kappa shape index (κ3) is 0.863. The fourth-order valence-corrected chi connectivity index (χ4v) is 4.18. The van der Waals surface area contributed by atoms with Gasteiger partial charge in [-0.3, -0.25) is 0 Å². The minimum Gasteiger partial charge on any atom is -0.324 e. The van der Waals surface area contributed by atoms with Crippen molar-refractivity contribution in [3.8, 4) is 0 Å². The van der Waals surface area contributed by atoms with Gasteiger partial charge >= 0.3 is 0 Å². The van der Waals surface area contributed by atoms with Gasteiger partial charge in [0, 0.05) is 5.54 Å². The van der Waals surface area contributed by atoms with Gasteiger partial charge in [-0.15, -0.1) is 12.4 Å². The van der Waals surface area contributed by atoms with E-state index in [2.05, 4.69) is 0 Å². The zero-order valence-electron chi connectivity index (χ0n) is 5.41. The Labute approximate surface area is 66.3 Å². The molecule has 0 aromatic rings. The molecule has 3 nitrogen and oxygen atoms in total. The second-order valence-corrected chi connectivity index (χ2v) is 5.48. The Balaban J connectivity index is 0.000000500. The first-order valence-electron chi connectivity index (χ1n) is 3.02. The normalized spacial score (nSPS) is 47.5. The van der Waals surface area contributed by atoms with Crippen LogP contribution < -0.4 is 5.73 Å². The third-order valence-electron chi connectivity index (χ3n) is 2.26. The van der Waals surface area contributed by atoms with Crippen LogP contribution in [-0.4, -0.2) is 25.0 Å². The molecule has 2 N–H and O–H groups in total. The lowest BCUT2D eigenvalue weighted by atomic mass is 9.80. The fraction of sp³-hybridized carbons (Fsp3) is 1.00. The lowest BCUT2D eigenvalue weighted by Gasteiger charge is -2.30. The Morgan fingerprint density at radius 3 is 2.00 bits per heavy atom. The Hall–Kier alpha value is 0.200. The number of nitrogens with two attached hydrogens (primary N) is 1. The third-order valence-corrected chi connectivity index (χ3v) is 4.59. The van der Waals surface area contributed by atoms with Crippen LogP contribution in [0.2, 0.25) is 0 Å². The quantitative estimate of drug-likeness (QED) is 0.561. The molecule has 0 amide bonds. The van der Waals surface area contributed by atoms with Crippen LogP contribution in [-0.2, 0) is 9.84 Å². The minimum absolute atomic E-state index is 0. The topological polar surface area (TPSA) is 60.2 Å². The number of rotatable bonds is 0. The maximum Gasteiger partial charge on any atom is 0.155 e. The number of hydrogen-bond donors (Lipinski definition) is 1. The van der Waals surface area contributed by atoms with Gasteiger partial charge in [-0.25, -0.2) is 8.42 Å². The summed E-state index contributed by atoms with van der Waals surface area (Å²) in [7, 11) is -2.73. The highest BCUT2D eigenvalue weighted by molar-refractivity contribution is 7.92. The first-order chi connectivity index (χ1) is 4.02. The number of fused-ring (bicyclic) bond motifs is 1. The van der Waals surface area contributed by atoms with E-state index in [1.54, 1.807) is 0 Å². The predicted octanol–water partition coefficient (Wildman–Crippen LogP) is -0.303. The Morgan fingerprint density at radius 2 is 1.90 bits per heavy atom. The molecule has 3 fully saturated rings. The van der Waals surface area contributed by atoms with Gasteiger partial charge < -0.3 is 5.73 Å². The molecule has 60 valence electrons. The van der Waals surface area contributed by atoms with Crippen molar-refractivity contribution in [2.45, 2.75) is 23.6 Å². The highest BCUT2D eigenvalue weighted by Gasteiger charge is 2.57. The van der Waals surface area contributed by atoms with Gasteiger partial charge in [0.1, 0.15) is 0 Å². The fourth-order valence-electron chi connectivity index (χ4n) is 1.74. The standard InChI is InChI=1S/C5H9NO2S.ClH/c6-5-1-4(2-5)9(7,8)3-5;/h4H,1-3,6H2;1H. The van der Waals surface area contributed by atoms with E-state index < -0.39 is 9.84 Å². The molecule has 0 radical (unpaired) electrons. The maximum absolute atomic E-state index is 10.9. The molecule has 0 aromatic heterocycles. The molecule has 2 aliphatic heterocycles. The molecule has 3 aliphatic rings. The number of hydrogen-bond acceptors (Lipinski definition) is 3. The first kappa shape index (κ1) is 8.30. The average Bonchev–Trinajstić information content (AvgIpc) is 1.83. The van der Waals surface area contributed by atoms with Crippen LogP contribution in [0.25, 0.3) is 0 Å². The molecule has 2 heterocycles. The lowest BCUT2D eigenvalue weighted by molar-refractivity contribution is 0.320. The highest BCUT2D eigenvalue weighted by Crippen LogP contribution is 2.44. The van der Waals surface area contributed by atoms with Crippen LogP contribution in [0.5, 0.6) is 0 Å². The van der Waals surface area contributed by atoms with Crippen LogP contribution in [0.3, 0.4) is 0 Å². The van der Waals surface area contributed by atoms with E-state index >= 15 is 0 Å². The molecular weight excluding hydrogens is 174 g/mol. The van der Waals surface area contributed by atoms with E-state index in [-0.39, 0.29) is 28.9 Å². The molecule has 2 bridgehead atoms. The Kier molecular flexibility index (Phi) is 1.55. The van der Waals surface area contributed by atoms with E-state index in [0.29, 0.717) is 12.8 Å². The molecule has 0 spiro atoms. The predicted molar refractivity (Wildman–Crippen MR) is 41.0 cm³/mol. The number of halogens is 1. The van der Waals surface area contributed by atoms with E-state index in [1.807, 2.05) is 0 Å². The van der Waals surface area contributed by atoms with Crippen molar-refractivity contribution in [1.82, 2.24) is 0 Å². The zero-order chi connectivity index (χ0) is 6.70. The SMILES string of the molecule is Cl.NC12CC(C1)S(=O)(=O)C2. The van der Waals surface area contributed by atoms with Crippen LogP contribution in [0.15, 0.2) is 0 Å². The van der Waals surface area contributed by atoms with Crippen LogP contribution in [0.4, 0.5) is 0 Å². The summed E-state index contributed by atoms with van der Waals surface area (Å²) in [5, 5.41) is -0.0810. The summed E-state index contributed by atoms with van der Waals surface area (Å²) in [6, 6.07) is 0. The maximum atomic E-state index is 10.9. The van der Waals surface area contributed by atoms with Gasteiger partial charge in [0.25, 0.3) is 0 Å². The molecule has 0 aromatic carbocycles. The van der Waals surface area contributed by atoms with Crippen molar-refractivity contribution >= 4 is 22.2 Å². The van der Waals surface area contributed by atoms with E-state index in [1.165, 1.54) is 0 Å². The van der Waals surface area contributed by atoms with E-state index in [0.717, 1.165) is 0 Å². The first-order valence-corrected chi connectivity index (χ1v) is 4.74. The molecule has 2 saturated heterocycles. The summed E-state index contributed by atoms with van der Waals surface area (Å²) in [5.74, 6) is 0.227. The molecule has 1 saturated carbocycles. The van der Waals surface area contributed by atoms with Crippen molar-refractivity contribution in [3.63, 3.8) is 0 Å². The van der Waals surface area contributed by atoms with Gasteiger partial charge in [0.2, 0.25) is 0 Å². The summed E-state index contributed by atoms with van der Waals surface area (Å²) in [6.45, 7) is 0. The summed E-state index contributed by atoms with van der Waals surface area (Å²) in [5.41, 5.74) is 5.32. The van der Waals surface area contributed by atoms with Gasteiger partial charge in [-0.05, 0) is 12.8 Å². The Bertz CT molecular complexity index is 242. The largest absolute Gasteiger partial charge is 0.324 e. The molecule has 1 aliphatic carbocycles. The van der Waals surface area contributed by atoms with Gasteiger partial charge in [0.05, 0.1) is 11.0 Å². The van der Waals surface area contributed by atoms with Crippen LogP contribution >= 0.6 is 12.4 Å². The van der Waals surface area contributed by atoms with Crippen molar-refractivity contribution in [2.24, 2.45) is 5.73 Å².